The molecule has 1 aliphatic rings. The molecule has 1 saturated heterocycles. The summed E-state index contributed by atoms with van der Waals surface area (Å²) >= 11 is 0. The summed E-state index contributed by atoms with van der Waals surface area (Å²) in [6.45, 7) is 18.9. The second kappa shape index (κ2) is 12.5. The van der Waals surface area contributed by atoms with Gasteiger partial charge >= 0.3 is 0 Å². The van der Waals surface area contributed by atoms with E-state index in [2.05, 4.69) is 57.5 Å². The lowest BCUT2D eigenvalue weighted by Gasteiger charge is -2.28. The number of likely N-dealkylation sites (N-methyl/N-ethyl adjacent to an activating group) is 2. The molecule has 2 heteroatoms. The van der Waals surface area contributed by atoms with E-state index in [0.717, 1.165) is 12.3 Å². The second-order valence-electron chi connectivity index (χ2n) is 4.52. The Labute approximate surface area is 103 Å². The van der Waals surface area contributed by atoms with E-state index in [9.17, 15) is 0 Å². The van der Waals surface area contributed by atoms with Gasteiger partial charge in [0.15, 0.2) is 0 Å². The van der Waals surface area contributed by atoms with Crippen LogP contribution in [0.4, 0.5) is 0 Å². The number of hydrogen-bond acceptors (Lipinski definition) is 2. The molecule has 0 aromatic carbocycles. The normalized spacial score (nSPS) is 16.8. The van der Waals surface area contributed by atoms with E-state index in [1.165, 1.54) is 26.2 Å². The number of nitrogens with zero attached hydrogens (tertiary/aromatic N) is 2. The van der Waals surface area contributed by atoms with Crippen molar-refractivity contribution >= 4 is 0 Å². The van der Waals surface area contributed by atoms with Crippen LogP contribution < -0.4 is 0 Å². The monoisotopic (exact) mass is 226 g/mol. The van der Waals surface area contributed by atoms with Gasteiger partial charge in [-0.05, 0) is 26.4 Å². The SMILES string of the molecule is C=C.C=CCC(C)C.CN1CCN(C)CC1. The van der Waals surface area contributed by atoms with E-state index >= 15 is 0 Å². The minimum atomic E-state index is 0.780. The highest BCUT2D eigenvalue weighted by Crippen LogP contribution is 1.96. The summed E-state index contributed by atoms with van der Waals surface area (Å²) in [6, 6.07) is 0. The Morgan fingerprint density at radius 3 is 1.44 bits per heavy atom. The molecule has 2 nitrogen and oxygen atoms in total. The summed E-state index contributed by atoms with van der Waals surface area (Å²) in [5, 5.41) is 0. The van der Waals surface area contributed by atoms with Crippen molar-refractivity contribution in [1.29, 1.82) is 0 Å². The van der Waals surface area contributed by atoms with Crippen LogP contribution in [-0.2, 0) is 0 Å². The predicted octanol–water partition coefficient (Wildman–Crippen LogP) is 2.88. The van der Waals surface area contributed by atoms with Crippen molar-refractivity contribution in [3.8, 4) is 0 Å². The fourth-order valence-corrected chi connectivity index (χ4v) is 1.24. The Morgan fingerprint density at radius 2 is 1.31 bits per heavy atom. The van der Waals surface area contributed by atoms with Crippen molar-refractivity contribution in [2.45, 2.75) is 20.3 Å². The highest BCUT2D eigenvalue weighted by Gasteiger charge is 2.07. The van der Waals surface area contributed by atoms with Gasteiger partial charge in [0.1, 0.15) is 0 Å². The third kappa shape index (κ3) is 13.4. The summed E-state index contributed by atoms with van der Waals surface area (Å²) < 4.78 is 0. The zero-order chi connectivity index (χ0) is 13.0. The molecule has 0 aliphatic carbocycles. The lowest BCUT2D eigenvalue weighted by atomic mass is 10.1. The van der Waals surface area contributed by atoms with Crippen molar-refractivity contribution < 1.29 is 0 Å². The quantitative estimate of drug-likeness (QED) is 0.668. The van der Waals surface area contributed by atoms with E-state index in [1.807, 2.05) is 6.08 Å². The van der Waals surface area contributed by atoms with Gasteiger partial charge in [-0.25, -0.2) is 0 Å². The Kier molecular flexibility index (Phi) is 13.9. The molecule has 0 aromatic rings. The molecular formula is C14H30N2. The van der Waals surface area contributed by atoms with Crippen LogP contribution in [0.15, 0.2) is 25.8 Å². The first-order chi connectivity index (χ1) is 7.56. The molecule has 96 valence electrons. The molecule has 0 radical (unpaired) electrons. The minimum Gasteiger partial charge on any atom is -0.304 e. The van der Waals surface area contributed by atoms with Crippen LogP contribution in [0, 0.1) is 5.92 Å². The smallest absolute Gasteiger partial charge is 0.0107 e. The fraction of sp³-hybridized carbons (Fsp3) is 0.714. The molecule has 16 heavy (non-hydrogen) atoms. The van der Waals surface area contributed by atoms with Crippen molar-refractivity contribution in [2.24, 2.45) is 5.92 Å². The molecule has 0 amide bonds. The average Bonchev–Trinajstić information content (AvgIpc) is 2.26. The van der Waals surface area contributed by atoms with Crippen LogP contribution in [0.3, 0.4) is 0 Å². The second-order valence-corrected chi connectivity index (χ2v) is 4.52. The molecule has 1 rings (SSSR count). The standard InChI is InChI=1S/C6H14N2.C6H12.C2H4/c1-7-3-5-8(2)6-4-7;1-4-5-6(2)3;1-2/h3-6H2,1-2H3;4,6H,1,5H2,2-3H3;1-2H2. The zero-order valence-electron chi connectivity index (χ0n) is 11.7. The van der Waals surface area contributed by atoms with Crippen LogP contribution in [0.2, 0.25) is 0 Å². The minimum absolute atomic E-state index is 0.780. The van der Waals surface area contributed by atoms with Crippen molar-refractivity contribution in [2.75, 3.05) is 40.3 Å². The molecule has 0 unspecified atom stereocenters. The molecule has 1 heterocycles. The maximum Gasteiger partial charge on any atom is 0.0107 e. The number of rotatable bonds is 2. The summed E-state index contributed by atoms with van der Waals surface area (Å²) in [6.07, 6.45) is 3.09. The van der Waals surface area contributed by atoms with Gasteiger partial charge in [-0.15, -0.1) is 19.7 Å². The molecule has 1 fully saturated rings. The first kappa shape index (κ1) is 17.8. The van der Waals surface area contributed by atoms with Crippen molar-refractivity contribution in [3.63, 3.8) is 0 Å². The summed E-state index contributed by atoms with van der Waals surface area (Å²) in [7, 11) is 4.35. The van der Waals surface area contributed by atoms with E-state index < -0.39 is 0 Å². The summed E-state index contributed by atoms with van der Waals surface area (Å²) in [5.74, 6) is 0.780. The Balaban J connectivity index is 0. The first-order valence-corrected chi connectivity index (χ1v) is 6.04. The number of piperazine rings is 1. The molecule has 0 atom stereocenters. The molecule has 1 aliphatic heterocycles. The third-order valence-corrected chi connectivity index (χ3v) is 2.36. The highest BCUT2D eigenvalue weighted by molar-refractivity contribution is 4.67. The topological polar surface area (TPSA) is 6.48 Å². The molecule has 0 bridgehead atoms. The van der Waals surface area contributed by atoms with E-state index in [4.69, 9.17) is 0 Å². The average molecular weight is 226 g/mol. The lowest BCUT2D eigenvalue weighted by Crippen LogP contribution is -2.42. The van der Waals surface area contributed by atoms with Gasteiger partial charge in [-0.2, -0.15) is 0 Å². The molecule has 0 aromatic heterocycles. The molecule has 0 spiro atoms. The van der Waals surface area contributed by atoms with E-state index in [1.54, 1.807) is 0 Å². The summed E-state index contributed by atoms with van der Waals surface area (Å²) in [5.41, 5.74) is 0. The lowest BCUT2D eigenvalue weighted by molar-refractivity contribution is 0.181. The molecular weight excluding hydrogens is 196 g/mol. The largest absolute Gasteiger partial charge is 0.304 e. The maximum atomic E-state index is 3.60. The van der Waals surface area contributed by atoms with Crippen LogP contribution in [0.25, 0.3) is 0 Å². The van der Waals surface area contributed by atoms with Gasteiger partial charge in [0.25, 0.3) is 0 Å². The predicted molar refractivity (Wildman–Crippen MR) is 75.9 cm³/mol. The zero-order valence-corrected chi connectivity index (χ0v) is 11.7. The fourth-order valence-electron chi connectivity index (χ4n) is 1.24. The Bertz CT molecular complexity index is 137. The highest BCUT2D eigenvalue weighted by atomic mass is 15.2. The summed E-state index contributed by atoms with van der Waals surface area (Å²) in [4.78, 5) is 4.72. The van der Waals surface area contributed by atoms with Gasteiger partial charge in [0, 0.05) is 26.2 Å². The van der Waals surface area contributed by atoms with Crippen molar-refractivity contribution in [3.05, 3.63) is 25.8 Å². The first-order valence-electron chi connectivity index (χ1n) is 6.04. The van der Waals surface area contributed by atoms with Gasteiger partial charge < -0.3 is 9.80 Å². The van der Waals surface area contributed by atoms with Gasteiger partial charge in [0.2, 0.25) is 0 Å². The van der Waals surface area contributed by atoms with Crippen LogP contribution in [0.1, 0.15) is 20.3 Å². The number of allylic oxidation sites excluding steroid dienone is 1. The van der Waals surface area contributed by atoms with Gasteiger partial charge in [-0.1, -0.05) is 19.9 Å². The van der Waals surface area contributed by atoms with Crippen LogP contribution in [-0.4, -0.2) is 50.1 Å². The number of hydrogen-bond donors (Lipinski definition) is 0. The molecule has 0 saturated carbocycles. The Morgan fingerprint density at radius 1 is 1.00 bits per heavy atom. The van der Waals surface area contributed by atoms with Crippen LogP contribution >= 0.6 is 0 Å². The third-order valence-electron chi connectivity index (χ3n) is 2.36. The van der Waals surface area contributed by atoms with Crippen LogP contribution in [0.5, 0.6) is 0 Å². The van der Waals surface area contributed by atoms with Crippen molar-refractivity contribution in [1.82, 2.24) is 9.80 Å². The van der Waals surface area contributed by atoms with E-state index in [0.29, 0.717) is 0 Å². The maximum absolute atomic E-state index is 3.60. The Hall–Kier alpha value is -0.600. The van der Waals surface area contributed by atoms with Gasteiger partial charge in [-0.3, -0.25) is 0 Å². The molecule has 0 N–H and O–H groups in total. The van der Waals surface area contributed by atoms with Gasteiger partial charge in [0.05, 0.1) is 0 Å². The van der Waals surface area contributed by atoms with E-state index in [-0.39, 0.29) is 0 Å².